The Bertz CT molecular complexity index is 409. The lowest BCUT2D eigenvalue weighted by Crippen LogP contribution is -2.50. The number of hydrogen-bond acceptors (Lipinski definition) is 5. The van der Waals surface area contributed by atoms with Gasteiger partial charge in [-0.25, -0.2) is 0 Å². The molecule has 1 aromatic rings. The van der Waals surface area contributed by atoms with Gasteiger partial charge in [0, 0.05) is 20.0 Å². The third kappa shape index (κ3) is 1.65. The van der Waals surface area contributed by atoms with Crippen LogP contribution in [0, 0.1) is 10.1 Å². The molecule has 0 atom stereocenters. The number of hydrogen-bond donors (Lipinski definition) is 0. The highest BCUT2D eigenvalue weighted by atomic mass is 16.6. The normalized spacial score (nSPS) is 16.2. The molecule has 80 valence electrons. The van der Waals surface area contributed by atoms with Crippen LogP contribution in [-0.2, 0) is 4.79 Å². The first-order valence-corrected chi connectivity index (χ1v) is 4.39. The highest BCUT2D eigenvalue weighted by Gasteiger charge is 2.34. The summed E-state index contributed by atoms with van der Waals surface area (Å²) in [4.78, 5) is 23.5. The van der Waals surface area contributed by atoms with Crippen LogP contribution in [0.2, 0.25) is 0 Å². The van der Waals surface area contributed by atoms with E-state index in [2.05, 4.69) is 10.2 Å². The van der Waals surface area contributed by atoms with E-state index in [1.165, 1.54) is 11.7 Å². The standard InChI is InChI=1S/C7H9N5O3/c1-5(13)10-3-6(4-10)11-8-2-7(9-11)12(14)15/h2,6H,3-4H2,1H3. The molecule has 0 radical (unpaired) electrons. The van der Waals surface area contributed by atoms with E-state index >= 15 is 0 Å². The SMILES string of the molecule is CC(=O)N1CC(n2ncc([N+](=O)[O-])n2)C1. The fourth-order valence-electron chi connectivity index (χ4n) is 1.39. The number of amides is 1. The van der Waals surface area contributed by atoms with Crippen molar-refractivity contribution in [1.29, 1.82) is 0 Å². The molecule has 1 aliphatic rings. The van der Waals surface area contributed by atoms with Gasteiger partial charge in [-0.1, -0.05) is 4.80 Å². The molecule has 0 spiro atoms. The van der Waals surface area contributed by atoms with Crippen LogP contribution in [0.15, 0.2) is 6.20 Å². The van der Waals surface area contributed by atoms with E-state index in [0.717, 1.165) is 6.20 Å². The highest BCUT2D eigenvalue weighted by molar-refractivity contribution is 5.74. The monoisotopic (exact) mass is 211 g/mol. The zero-order valence-corrected chi connectivity index (χ0v) is 8.03. The van der Waals surface area contributed by atoms with E-state index in [0.29, 0.717) is 13.1 Å². The molecular formula is C7H9N5O3. The lowest BCUT2D eigenvalue weighted by molar-refractivity contribution is -0.389. The minimum atomic E-state index is -0.592. The van der Waals surface area contributed by atoms with E-state index in [4.69, 9.17) is 0 Å². The lowest BCUT2D eigenvalue weighted by atomic mass is 10.1. The molecule has 8 nitrogen and oxygen atoms in total. The van der Waals surface area contributed by atoms with E-state index in [1.807, 2.05) is 0 Å². The number of rotatable bonds is 2. The predicted molar refractivity (Wildman–Crippen MR) is 48.0 cm³/mol. The van der Waals surface area contributed by atoms with Gasteiger partial charge in [0.15, 0.2) is 6.20 Å². The van der Waals surface area contributed by atoms with Gasteiger partial charge in [0.25, 0.3) is 0 Å². The Morgan fingerprint density at radius 2 is 2.33 bits per heavy atom. The Morgan fingerprint density at radius 3 is 2.80 bits per heavy atom. The lowest BCUT2D eigenvalue weighted by Gasteiger charge is -2.35. The quantitative estimate of drug-likeness (QED) is 0.489. The van der Waals surface area contributed by atoms with Crippen molar-refractivity contribution in [3.63, 3.8) is 0 Å². The van der Waals surface area contributed by atoms with Crippen molar-refractivity contribution in [1.82, 2.24) is 19.9 Å². The van der Waals surface area contributed by atoms with Crippen molar-refractivity contribution < 1.29 is 9.72 Å². The Hall–Kier alpha value is -1.99. The van der Waals surface area contributed by atoms with Gasteiger partial charge in [-0.15, -0.1) is 5.10 Å². The third-order valence-corrected chi connectivity index (χ3v) is 2.32. The molecule has 0 unspecified atom stereocenters. The maximum atomic E-state index is 10.9. The summed E-state index contributed by atoms with van der Waals surface area (Å²) < 4.78 is 0. The zero-order chi connectivity index (χ0) is 11.0. The molecule has 1 fully saturated rings. The molecule has 0 saturated carbocycles. The minimum Gasteiger partial charge on any atom is -0.358 e. The summed E-state index contributed by atoms with van der Waals surface area (Å²) in [5.41, 5.74) is 0. The number of likely N-dealkylation sites (tertiary alicyclic amines) is 1. The van der Waals surface area contributed by atoms with Crippen molar-refractivity contribution in [3.05, 3.63) is 16.3 Å². The average Bonchev–Trinajstić information content (AvgIpc) is 2.49. The fraction of sp³-hybridized carbons (Fsp3) is 0.571. The van der Waals surface area contributed by atoms with Gasteiger partial charge in [0.05, 0.1) is 5.10 Å². The first kappa shape index (κ1) is 9.56. The Labute approximate surface area is 84.6 Å². The molecule has 15 heavy (non-hydrogen) atoms. The van der Waals surface area contributed by atoms with Crippen molar-refractivity contribution >= 4 is 11.7 Å². The summed E-state index contributed by atoms with van der Waals surface area (Å²) >= 11 is 0. The van der Waals surface area contributed by atoms with Gasteiger partial charge in [0.2, 0.25) is 5.91 Å². The summed E-state index contributed by atoms with van der Waals surface area (Å²) in [5, 5.41) is 17.8. The van der Waals surface area contributed by atoms with Crippen LogP contribution in [0.4, 0.5) is 5.82 Å². The van der Waals surface area contributed by atoms with Crippen LogP contribution in [0.3, 0.4) is 0 Å². The van der Waals surface area contributed by atoms with Crippen LogP contribution in [0.5, 0.6) is 0 Å². The first-order valence-electron chi connectivity index (χ1n) is 4.39. The van der Waals surface area contributed by atoms with E-state index < -0.39 is 4.92 Å². The molecule has 8 heteroatoms. The smallest absolute Gasteiger partial charge is 0.358 e. The number of aromatic nitrogens is 3. The molecule has 1 saturated heterocycles. The molecule has 1 aromatic heterocycles. The van der Waals surface area contributed by atoms with E-state index in [-0.39, 0.29) is 17.8 Å². The van der Waals surface area contributed by atoms with Gasteiger partial charge in [-0.05, 0) is 4.92 Å². The van der Waals surface area contributed by atoms with Crippen LogP contribution in [-0.4, -0.2) is 43.8 Å². The Kier molecular flexibility index (Phi) is 2.10. The van der Waals surface area contributed by atoms with Crippen molar-refractivity contribution in [3.8, 4) is 0 Å². The second-order valence-electron chi connectivity index (χ2n) is 3.36. The highest BCUT2D eigenvalue weighted by Crippen LogP contribution is 2.20. The summed E-state index contributed by atoms with van der Waals surface area (Å²) in [6.07, 6.45) is 1.11. The van der Waals surface area contributed by atoms with Crippen molar-refractivity contribution in [2.24, 2.45) is 0 Å². The number of nitrogens with zero attached hydrogens (tertiary/aromatic N) is 5. The van der Waals surface area contributed by atoms with Gasteiger partial charge >= 0.3 is 5.82 Å². The zero-order valence-electron chi connectivity index (χ0n) is 8.03. The second-order valence-corrected chi connectivity index (χ2v) is 3.36. The molecule has 0 aromatic carbocycles. The predicted octanol–water partition coefficient (Wildman–Crippen LogP) is -0.411. The molecule has 2 rings (SSSR count). The van der Waals surface area contributed by atoms with Gasteiger partial charge in [0.1, 0.15) is 6.04 Å². The molecule has 1 aliphatic heterocycles. The second kappa shape index (κ2) is 3.30. The summed E-state index contributed by atoms with van der Waals surface area (Å²) in [6, 6.07) is -0.0393. The van der Waals surface area contributed by atoms with Gasteiger partial charge < -0.3 is 15.0 Å². The molecule has 0 bridgehead atoms. The average molecular weight is 211 g/mol. The summed E-state index contributed by atoms with van der Waals surface area (Å²) in [5.74, 6) is -0.274. The Morgan fingerprint density at radius 1 is 1.67 bits per heavy atom. The number of carbonyl (C=O) groups is 1. The maximum absolute atomic E-state index is 10.9. The van der Waals surface area contributed by atoms with Gasteiger partial charge in [-0.2, -0.15) is 0 Å². The van der Waals surface area contributed by atoms with E-state index in [1.54, 1.807) is 4.90 Å². The summed E-state index contributed by atoms with van der Waals surface area (Å²) in [7, 11) is 0. The van der Waals surface area contributed by atoms with Crippen LogP contribution in [0.1, 0.15) is 13.0 Å². The molecule has 1 amide bonds. The fourth-order valence-corrected chi connectivity index (χ4v) is 1.39. The van der Waals surface area contributed by atoms with Crippen LogP contribution in [0.25, 0.3) is 0 Å². The maximum Gasteiger partial charge on any atom is 0.410 e. The van der Waals surface area contributed by atoms with Crippen LogP contribution >= 0.6 is 0 Å². The van der Waals surface area contributed by atoms with Crippen molar-refractivity contribution in [2.75, 3.05) is 13.1 Å². The van der Waals surface area contributed by atoms with E-state index in [9.17, 15) is 14.9 Å². The molecule has 0 N–H and O–H groups in total. The van der Waals surface area contributed by atoms with Gasteiger partial charge in [-0.3, -0.25) is 4.79 Å². The minimum absolute atomic E-state index is 0.00657. The number of carbonyl (C=O) groups excluding carboxylic acids is 1. The van der Waals surface area contributed by atoms with Crippen LogP contribution < -0.4 is 0 Å². The molecule has 0 aliphatic carbocycles. The third-order valence-electron chi connectivity index (χ3n) is 2.32. The topological polar surface area (TPSA) is 94.2 Å². The molecule has 2 heterocycles. The first-order chi connectivity index (χ1) is 7.08. The number of nitro groups is 1. The largest absolute Gasteiger partial charge is 0.410 e. The van der Waals surface area contributed by atoms with Crippen molar-refractivity contribution in [2.45, 2.75) is 13.0 Å². The molecular weight excluding hydrogens is 202 g/mol. The Balaban J connectivity index is 2.01. The summed E-state index contributed by atoms with van der Waals surface area (Å²) in [6.45, 7) is 2.51.